The van der Waals surface area contributed by atoms with Gasteiger partial charge in [0.15, 0.2) is 0 Å². The molecule has 2 aromatic carbocycles. The molecule has 25 heavy (non-hydrogen) atoms. The number of methoxy groups -OCH3 is 1. The van der Waals surface area contributed by atoms with Crippen LogP contribution in [0.2, 0.25) is 0 Å². The minimum atomic E-state index is -0.497. The number of hydrogen-bond acceptors (Lipinski definition) is 4. The van der Waals surface area contributed by atoms with E-state index in [9.17, 15) is 14.4 Å². The van der Waals surface area contributed by atoms with E-state index in [0.717, 1.165) is 11.1 Å². The van der Waals surface area contributed by atoms with Gasteiger partial charge < -0.3 is 15.4 Å². The Kier molecular flexibility index (Phi) is 5.89. The highest BCUT2D eigenvalue weighted by Crippen LogP contribution is 2.17. The minimum Gasteiger partial charge on any atom is -0.465 e. The highest BCUT2D eigenvalue weighted by molar-refractivity contribution is 6.08. The quantitative estimate of drug-likeness (QED) is 0.647. The number of hydrogen-bond donors (Lipinski definition) is 2. The topological polar surface area (TPSA) is 84.5 Å². The molecule has 2 aromatic rings. The maximum Gasteiger partial charge on any atom is 0.337 e. The third-order valence-corrected chi connectivity index (χ3v) is 3.56. The fraction of sp³-hybridized carbons (Fsp3) is 0.211. The summed E-state index contributed by atoms with van der Waals surface area (Å²) in [6, 6.07) is 12.0. The van der Waals surface area contributed by atoms with Gasteiger partial charge in [0, 0.05) is 11.4 Å². The van der Waals surface area contributed by atoms with Gasteiger partial charge in [0.05, 0.1) is 12.7 Å². The molecule has 0 aliphatic rings. The normalized spacial score (nSPS) is 10.0. The van der Waals surface area contributed by atoms with E-state index in [1.165, 1.54) is 13.2 Å². The summed E-state index contributed by atoms with van der Waals surface area (Å²) in [7, 11) is 1.28. The van der Waals surface area contributed by atoms with Crippen LogP contribution in [0.1, 0.15) is 27.9 Å². The number of nitrogens with one attached hydrogen (secondary N) is 2. The second-order valence-corrected chi connectivity index (χ2v) is 5.66. The fourth-order valence-corrected chi connectivity index (χ4v) is 2.26. The van der Waals surface area contributed by atoms with Gasteiger partial charge >= 0.3 is 5.97 Å². The summed E-state index contributed by atoms with van der Waals surface area (Å²) in [4.78, 5) is 35.6. The van der Waals surface area contributed by atoms with E-state index < -0.39 is 17.8 Å². The van der Waals surface area contributed by atoms with Gasteiger partial charge in [-0.2, -0.15) is 0 Å². The van der Waals surface area contributed by atoms with Crippen molar-refractivity contribution < 1.29 is 19.1 Å². The second kappa shape index (κ2) is 8.10. The summed E-state index contributed by atoms with van der Waals surface area (Å²) >= 11 is 0. The van der Waals surface area contributed by atoms with Crippen molar-refractivity contribution in [2.45, 2.75) is 20.3 Å². The minimum absolute atomic E-state index is 0.320. The number of amides is 2. The van der Waals surface area contributed by atoms with E-state index in [1.807, 2.05) is 32.0 Å². The van der Waals surface area contributed by atoms with Crippen molar-refractivity contribution in [2.24, 2.45) is 0 Å². The molecular formula is C19H20N2O4. The van der Waals surface area contributed by atoms with Crippen molar-refractivity contribution in [1.82, 2.24) is 0 Å². The number of ether oxygens (including phenoxy) is 1. The van der Waals surface area contributed by atoms with Gasteiger partial charge in [-0.15, -0.1) is 0 Å². The molecule has 0 aliphatic carbocycles. The first kappa shape index (κ1) is 18.2. The van der Waals surface area contributed by atoms with E-state index in [-0.39, 0.29) is 6.42 Å². The Bertz CT molecular complexity index is 815. The maximum atomic E-state index is 12.1. The Morgan fingerprint density at radius 1 is 0.960 bits per heavy atom. The van der Waals surface area contributed by atoms with Crippen LogP contribution in [0.15, 0.2) is 42.5 Å². The first-order valence-corrected chi connectivity index (χ1v) is 7.74. The van der Waals surface area contributed by atoms with Crippen LogP contribution in [0, 0.1) is 13.8 Å². The summed E-state index contributed by atoms with van der Waals surface area (Å²) in [6.07, 6.45) is -0.324. The van der Waals surface area contributed by atoms with Gasteiger partial charge in [-0.1, -0.05) is 18.2 Å². The number of esters is 1. The van der Waals surface area contributed by atoms with Gasteiger partial charge in [0.2, 0.25) is 11.8 Å². The molecule has 6 heteroatoms. The maximum absolute atomic E-state index is 12.1. The Morgan fingerprint density at radius 2 is 1.68 bits per heavy atom. The molecule has 0 saturated carbocycles. The van der Waals surface area contributed by atoms with Gasteiger partial charge in [-0.25, -0.2) is 4.79 Å². The molecule has 0 atom stereocenters. The molecule has 0 aromatic heterocycles. The number of carbonyl (C=O) groups is 3. The van der Waals surface area contributed by atoms with Crippen LogP contribution < -0.4 is 10.6 Å². The first-order valence-electron chi connectivity index (χ1n) is 7.74. The number of anilines is 2. The Hall–Kier alpha value is -3.15. The number of rotatable bonds is 5. The van der Waals surface area contributed by atoms with E-state index in [1.54, 1.807) is 18.2 Å². The van der Waals surface area contributed by atoms with Crippen molar-refractivity contribution in [3.8, 4) is 0 Å². The average Bonchev–Trinajstić information content (AvgIpc) is 2.57. The molecule has 2 rings (SSSR count). The lowest BCUT2D eigenvalue weighted by Gasteiger charge is -2.10. The van der Waals surface area contributed by atoms with E-state index in [0.29, 0.717) is 16.9 Å². The van der Waals surface area contributed by atoms with Crippen LogP contribution in [0.25, 0.3) is 0 Å². The molecule has 0 unspecified atom stereocenters. The van der Waals surface area contributed by atoms with Gasteiger partial charge in [0.1, 0.15) is 6.42 Å². The number of carbonyl (C=O) groups excluding carboxylic acids is 3. The van der Waals surface area contributed by atoms with Gasteiger partial charge in [-0.3, -0.25) is 9.59 Å². The molecule has 0 aliphatic heterocycles. The van der Waals surface area contributed by atoms with Crippen LogP contribution in [0.5, 0.6) is 0 Å². The van der Waals surface area contributed by atoms with E-state index >= 15 is 0 Å². The lowest BCUT2D eigenvalue weighted by Crippen LogP contribution is -2.22. The average molecular weight is 340 g/mol. The summed E-state index contributed by atoms with van der Waals surface area (Å²) in [5.41, 5.74) is 3.37. The van der Waals surface area contributed by atoms with Crippen molar-refractivity contribution >= 4 is 29.2 Å². The smallest absolute Gasteiger partial charge is 0.337 e. The molecule has 0 bridgehead atoms. The van der Waals surface area contributed by atoms with Gasteiger partial charge in [-0.05, 0) is 49.2 Å². The SMILES string of the molecule is COC(=O)c1cccc(NC(=O)CC(=O)Nc2cc(C)ccc2C)c1. The Labute approximate surface area is 146 Å². The van der Waals surface area contributed by atoms with Crippen LogP contribution in [0.3, 0.4) is 0 Å². The monoisotopic (exact) mass is 340 g/mol. The summed E-state index contributed by atoms with van der Waals surface area (Å²) < 4.78 is 4.63. The molecule has 0 heterocycles. The predicted molar refractivity (Wildman–Crippen MR) is 95.6 cm³/mol. The number of benzene rings is 2. The highest BCUT2D eigenvalue weighted by Gasteiger charge is 2.12. The molecule has 6 nitrogen and oxygen atoms in total. The summed E-state index contributed by atoms with van der Waals surface area (Å²) in [6.45, 7) is 3.81. The molecule has 0 saturated heterocycles. The lowest BCUT2D eigenvalue weighted by atomic mass is 10.1. The van der Waals surface area contributed by atoms with Crippen molar-refractivity contribution in [3.05, 3.63) is 59.2 Å². The zero-order valence-electron chi connectivity index (χ0n) is 14.4. The van der Waals surface area contributed by atoms with E-state index in [4.69, 9.17) is 0 Å². The van der Waals surface area contributed by atoms with Crippen molar-refractivity contribution in [2.75, 3.05) is 17.7 Å². The van der Waals surface area contributed by atoms with Crippen LogP contribution in [-0.2, 0) is 14.3 Å². The Morgan fingerprint density at radius 3 is 2.40 bits per heavy atom. The second-order valence-electron chi connectivity index (χ2n) is 5.66. The highest BCUT2D eigenvalue weighted by atomic mass is 16.5. The number of aryl methyl sites for hydroxylation is 2. The molecule has 130 valence electrons. The van der Waals surface area contributed by atoms with Gasteiger partial charge in [0.25, 0.3) is 0 Å². The zero-order valence-corrected chi connectivity index (χ0v) is 14.4. The molecule has 0 spiro atoms. The summed E-state index contributed by atoms with van der Waals surface area (Å²) in [5.74, 6) is -1.37. The lowest BCUT2D eigenvalue weighted by molar-refractivity contribution is -0.123. The summed E-state index contributed by atoms with van der Waals surface area (Å²) in [5, 5.41) is 5.33. The third-order valence-electron chi connectivity index (χ3n) is 3.56. The van der Waals surface area contributed by atoms with Crippen molar-refractivity contribution in [3.63, 3.8) is 0 Å². The van der Waals surface area contributed by atoms with Crippen LogP contribution in [-0.4, -0.2) is 24.9 Å². The molecule has 0 radical (unpaired) electrons. The molecule has 0 fully saturated rings. The van der Waals surface area contributed by atoms with Crippen LogP contribution >= 0.6 is 0 Å². The predicted octanol–water partition coefficient (Wildman–Crippen LogP) is 3.06. The third kappa shape index (κ3) is 5.17. The zero-order chi connectivity index (χ0) is 18.4. The molecular weight excluding hydrogens is 320 g/mol. The largest absolute Gasteiger partial charge is 0.465 e. The van der Waals surface area contributed by atoms with Crippen molar-refractivity contribution in [1.29, 1.82) is 0 Å². The Balaban J connectivity index is 1.97. The van der Waals surface area contributed by atoms with E-state index in [2.05, 4.69) is 15.4 Å². The van der Waals surface area contributed by atoms with Crippen LogP contribution in [0.4, 0.5) is 11.4 Å². The standard InChI is InChI=1S/C19H20N2O4/c1-12-7-8-13(2)16(9-12)21-18(23)11-17(22)20-15-6-4-5-14(10-15)19(24)25-3/h4-10H,11H2,1-3H3,(H,20,22)(H,21,23). The molecule has 2 amide bonds. The fourth-order valence-electron chi connectivity index (χ4n) is 2.26. The first-order chi connectivity index (χ1) is 11.9. The molecule has 2 N–H and O–H groups in total.